The van der Waals surface area contributed by atoms with Crippen molar-refractivity contribution in [3.63, 3.8) is 0 Å². The summed E-state index contributed by atoms with van der Waals surface area (Å²) in [5, 5.41) is 9.07. The zero-order chi connectivity index (χ0) is 19.8. The summed E-state index contributed by atoms with van der Waals surface area (Å²) < 4.78 is 0. The second kappa shape index (κ2) is 6.83. The molecule has 0 radical (unpaired) electrons. The first kappa shape index (κ1) is 18.6. The largest absolute Gasteiger partial charge is 0.480 e. The Morgan fingerprint density at radius 3 is 2.11 bits per heavy atom. The molecule has 2 aromatic rings. The zero-order valence-corrected chi connectivity index (χ0v) is 15.5. The minimum absolute atomic E-state index is 0.0175. The number of aliphatic carboxylic acids is 1. The Hall–Kier alpha value is -3.21. The number of rotatable bonds is 3. The third-order valence-electron chi connectivity index (χ3n) is 4.55. The molecule has 1 aliphatic heterocycles. The predicted molar refractivity (Wildman–Crippen MR) is 103 cm³/mol. The van der Waals surface area contributed by atoms with E-state index < -0.39 is 24.3 Å². The van der Waals surface area contributed by atoms with Gasteiger partial charge in [-0.2, -0.15) is 0 Å². The smallest absolute Gasteiger partial charge is 0.323 e. The highest BCUT2D eigenvalue weighted by atomic mass is 16.4. The third-order valence-corrected chi connectivity index (χ3v) is 4.55. The molecule has 0 aliphatic carbocycles. The molecule has 0 unspecified atom stereocenters. The Balaban J connectivity index is 2.08. The molecule has 5 heteroatoms. The van der Waals surface area contributed by atoms with Gasteiger partial charge in [0.05, 0.1) is 0 Å². The highest BCUT2D eigenvalue weighted by Crippen LogP contribution is 2.31. The van der Waals surface area contributed by atoms with Crippen LogP contribution in [-0.2, 0) is 15.0 Å². The summed E-state index contributed by atoms with van der Waals surface area (Å²) in [4.78, 5) is 37.2. The van der Waals surface area contributed by atoms with Crippen LogP contribution in [0.2, 0.25) is 0 Å². The number of imide groups is 1. The second-order valence-corrected chi connectivity index (χ2v) is 7.57. The first-order chi connectivity index (χ1) is 12.7. The predicted octanol–water partition coefficient (Wildman–Crippen LogP) is 3.59. The fraction of sp³-hybridized carbons (Fsp3) is 0.227. The molecular formula is C22H21NO4. The van der Waals surface area contributed by atoms with Crippen molar-refractivity contribution in [2.75, 3.05) is 6.54 Å². The van der Waals surface area contributed by atoms with Gasteiger partial charge in [0.1, 0.15) is 6.54 Å². The lowest BCUT2D eigenvalue weighted by Crippen LogP contribution is -2.44. The van der Waals surface area contributed by atoms with E-state index >= 15 is 0 Å². The minimum atomic E-state index is -1.23. The molecule has 0 saturated carbocycles. The van der Waals surface area contributed by atoms with E-state index in [2.05, 4.69) is 20.8 Å². The van der Waals surface area contributed by atoms with Gasteiger partial charge in [0.25, 0.3) is 11.8 Å². The van der Waals surface area contributed by atoms with Gasteiger partial charge in [0, 0.05) is 11.1 Å². The van der Waals surface area contributed by atoms with Crippen LogP contribution in [0, 0.1) is 0 Å². The summed E-state index contributed by atoms with van der Waals surface area (Å²) in [6, 6.07) is 14.6. The number of fused-ring (bicyclic) bond motifs is 1. The molecule has 3 rings (SSSR count). The second-order valence-electron chi connectivity index (χ2n) is 7.57. The molecule has 2 aromatic carbocycles. The standard InChI is InChI=1S/C22H21NO4/c1-22(2,3)15-10-8-14(9-11-15)12-18-16-6-4-5-7-17(16)20(26)23(21(18)27)13-19(24)25/h4-12H,13H2,1-3H3,(H,24,25)/b18-12-. The summed E-state index contributed by atoms with van der Waals surface area (Å²) in [6.45, 7) is 5.70. The van der Waals surface area contributed by atoms with Crippen LogP contribution in [0.5, 0.6) is 0 Å². The van der Waals surface area contributed by atoms with Gasteiger partial charge < -0.3 is 5.11 Å². The number of carbonyl (C=O) groups is 3. The van der Waals surface area contributed by atoms with Gasteiger partial charge in [0.15, 0.2) is 0 Å². The van der Waals surface area contributed by atoms with Gasteiger partial charge in [0.2, 0.25) is 0 Å². The molecule has 5 nitrogen and oxygen atoms in total. The summed E-state index contributed by atoms with van der Waals surface area (Å²) in [6.07, 6.45) is 1.70. The van der Waals surface area contributed by atoms with E-state index in [0.717, 1.165) is 10.5 Å². The monoisotopic (exact) mass is 363 g/mol. The fourth-order valence-electron chi connectivity index (χ4n) is 3.07. The number of nitrogens with zero attached hydrogens (tertiary/aromatic N) is 1. The van der Waals surface area contributed by atoms with Crippen LogP contribution < -0.4 is 0 Å². The summed E-state index contributed by atoms with van der Waals surface area (Å²) in [7, 11) is 0. The van der Waals surface area contributed by atoms with Crippen molar-refractivity contribution in [2.45, 2.75) is 26.2 Å². The van der Waals surface area contributed by atoms with E-state index in [-0.39, 0.29) is 5.41 Å². The summed E-state index contributed by atoms with van der Waals surface area (Å²) in [5.41, 5.74) is 3.16. The summed E-state index contributed by atoms with van der Waals surface area (Å²) in [5.74, 6) is -2.41. The average molecular weight is 363 g/mol. The number of hydrogen-bond acceptors (Lipinski definition) is 3. The molecule has 0 aromatic heterocycles. The maximum Gasteiger partial charge on any atom is 0.323 e. The van der Waals surface area contributed by atoms with Crippen LogP contribution in [0.3, 0.4) is 0 Å². The van der Waals surface area contributed by atoms with Gasteiger partial charge in [-0.3, -0.25) is 19.3 Å². The van der Waals surface area contributed by atoms with Crippen LogP contribution >= 0.6 is 0 Å². The van der Waals surface area contributed by atoms with Crippen molar-refractivity contribution in [1.29, 1.82) is 0 Å². The number of carboxylic acids is 1. The first-order valence-electron chi connectivity index (χ1n) is 8.68. The van der Waals surface area contributed by atoms with E-state index in [0.29, 0.717) is 16.7 Å². The third kappa shape index (κ3) is 3.67. The van der Waals surface area contributed by atoms with Crippen molar-refractivity contribution >= 4 is 29.4 Å². The van der Waals surface area contributed by atoms with Crippen molar-refractivity contribution in [1.82, 2.24) is 4.90 Å². The van der Waals surface area contributed by atoms with Crippen molar-refractivity contribution in [3.05, 3.63) is 70.8 Å². The van der Waals surface area contributed by atoms with E-state index in [4.69, 9.17) is 5.11 Å². The Labute approximate surface area is 157 Å². The minimum Gasteiger partial charge on any atom is -0.480 e. The van der Waals surface area contributed by atoms with E-state index in [1.54, 1.807) is 30.3 Å². The molecule has 0 atom stereocenters. The molecule has 2 amide bonds. The average Bonchev–Trinajstić information content (AvgIpc) is 2.62. The van der Waals surface area contributed by atoms with Crippen LogP contribution in [0.25, 0.3) is 11.6 Å². The molecule has 1 heterocycles. The number of amides is 2. The molecule has 138 valence electrons. The maximum absolute atomic E-state index is 12.8. The van der Waals surface area contributed by atoms with E-state index in [1.807, 2.05) is 24.3 Å². The van der Waals surface area contributed by atoms with Crippen molar-refractivity contribution in [2.24, 2.45) is 0 Å². The van der Waals surface area contributed by atoms with Gasteiger partial charge in [-0.1, -0.05) is 63.2 Å². The lowest BCUT2D eigenvalue weighted by Gasteiger charge is -2.27. The molecule has 0 fully saturated rings. The van der Waals surface area contributed by atoms with Gasteiger partial charge in [-0.15, -0.1) is 0 Å². The van der Waals surface area contributed by atoms with E-state index in [1.165, 1.54) is 5.56 Å². The Bertz CT molecular complexity index is 949. The van der Waals surface area contributed by atoms with Crippen LogP contribution in [0.15, 0.2) is 48.5 Å². The number of benzene rings is 2. The molecule has 0 saturated heterocycles. The lowest BCUT2D eigenvalue weighted by atomic mass is 9.86. The SMILES string of the molecule is CC(C)(C)c1ccc(/C=C2\C(=O)N(CC(=O)O)C(=O)c3ccccc32)cc1. The number of carboxylic acid groups (broad SMARTS) is 1. The van der Waals surface area contributed by atoms with Crippen LogP contribution in [-0.4, -0.2) is 34.3 Å². The Morgan fingerprint density at radius 1 is 0.963 bits per heavy atom. The lowest BCUT2D eigenvalue weighted by molar-refractivity contribution is -0.141. The summed E-state index contributed by atoms with van der Waals surface area (Å²) >= 11 is 0. The van der Waals surface area contributed by atoms with Crippen molar-refractivity contribution in [3.8, 4) is 0 Å². The van der Waals surface area contributed by atoms with Crippen LogP contribution in [0.1, 0.15) is 47.8 Å². The fourth-order valence-corrected chi connectivity index (χ4v) is 3.07. The quantitative estimate of drug-likeness (QED) is 0.668. The Kier molecular flexibility index (Phi) is 4.70. The molecule has 0 spiro atoms. The van der Waals surface area contributed by atoms with Gasteiger partial charge >= 0.3 is 5.97 Å². The van der Waals surface area contributed by atoms with Crippen molar-refractivity contribution < 1.29 is 19.5 Å². The molecule has 1 aliphatic rings. The Morgan fingerprint density at radius 2 is 1.56 bits per heavy atom. The zero-order valence-electron chi connectivity index (χ0n) is 15.5. The maximum atomic E-state index is 12.8. The first-order valence-corrected chi connectivity index (χ1v) is 8.68. The van der Waals surface area contributed by atoms with Gasteiger partial charge in [-0.25, -0.2) is 0 Å². The normalized spacial score (nSPS) is 15.8. The van der Waals surface area contributed by atoms with Crippen LogP contribution in [0.4, 0.5) is 0 Å². The molecule has 27 heavy (non-hydrogen) atoms. The molecular weight excluding hydrogens is 342 g/mol. The number of hydrogen-bond donors (Lipinski definition) is 1. The molecule has 0 bridgehead atoms. The highest BCUT2D eigenvalue weighted by molar-refractivity contribution is 6.34. The molecule has 1 N–H and O–H groups in total. The van der Waals surface area contributed by atoms with E-state index in [9.17, 15) is 14.4 Å². The number of carbonyl (C=O) groups excluding carboxylic acids is 2. The van der Waals surface area contributed by atoms with Gasteiger partial charge in [-0.05, 0) is 34.2 Å². The highest BCUT2D eigenvalue weighted by Gasteiger charge is 2.35. The topological polar surface area (TPSA) is 74.7 Å².